The van der Waals surface area contributed by atoms with E-state index in [9.17, 15) is 4.79 Å². The first kappa shape index (κ1) is 20.3. The SMILES string of the molecule is CC(C)[C@H](N[C@H](C)c1nc2ccccc2c(=O)[nH]1)c1ccc(C(C)(C)C)cc1. The summed E-state index contributed by atoms with van der Waals surface area (Å²) < 4.78 is 0. The fourth-order valence-corrected chi connectivity index (χ4v) is 3.52. The zero-order chi connectivity index (χ0) is 20.5. The minimum atomic E-state index is -0.0927. The van der Waals surface area contributed by atoms with Crippen molar-refractivity contribution >= 4 is 10.9 Å². The van der Waals surface area contributed by atoms with Crippen LogP contribution in [0.15, 0.2) is 53.3 Å². The topological polar surface area (TPSA) is 57.8 Å². The van der Waals surface area contributed by atoms with E-state index in [0.29, 0.717) is 17.1 Å². The second kappa shape index (κ2) is 7.88. The van der Waals surface area contributed by atoms with Gasteiger partial charge < -0.3 is 10.3 Å². The summed E-state index contributed by atoms with van der Waals surface area (Å²) in [5, 5.41) is 4.29. The molecule has 0 saturated carbocycles. The molecule has 4 heteroatoms. The Hall–Kier alpha value is -2.46. The molecule has 3 aromatic rings. The van der Waals surface area contributed by atoms with Gasteiger partial charge in [0.1, 0.15) is 5.82 Å². The largest absolute Gasteiger partial charge is 0.309 e. The van der Waals surface area contributed by atoms with Crippen molar-refractivity contribution in [1.82, 2.24) is 15.3 Å². The number of rotatable bonds is 5. The zero-order valence-electron chi connectivity index (χ0n) is 17.7. The smallest absolute Gasteiger partial charge is 0.258 e. The minimum Gasteiger partial charge on any atom is -0.309 e. The maximum Gasteiger partial charge on any atom is 0.258 e. The molecular formula is C24H31N3O. The lowest BCUT2D eigenvalue weighted by atomic mass is 9.85. The van der Waals surface area contributed by atoms with Crippen molar-refractivity contribution in [3.8, 4) is 0 Å². The molecule has 28 heavy (non-hydrogen) atoms. The van der Waals surface area contributed by atoms with Gasteiger partial charge in [0.2, 0.25) is 0 Å². The van der Waals surface area contributed by atoms with Gasteiger partial charge in [-0.05, 0) is 41.5 Å². The van der Waals surface area contributed by atoms with Crippen LogP contribution in [0.2, 0.25) is 0 Å². The summed E-state index contributed by atoms with van der Waals surface area (Å²) in [5.41, 5.74) is 3.35. The number of benzene rings is 2. The Labute approximate surface area is 167 Å². The number of hydrogen-bond acceptors (Lipinski definition) is 3. The van der Waals surface area contributed by atoms with Gasteiger partial charge in [-0.2, -0.15) is 0 Å². The zero-order valence-corrected chi connectivity index (χ0v) is 17.7. The van der Waals surface area contributed by atoms with E-state index in [1.54, 1.807) is 6.07 Å². The van der Waals surface area contributed by atoms with Crippen LogP contribution in [-0.2, 0) is 5.41 Å². The van der Waals surface area contributed by atoms with Crippen molar-refractivity contribution < 1.29 is 0 Å². The Kier molecular flexibility index (Phi) is 5.71. The van der Waals surface area contributed by atoms with Gasteiger partial charge >= 0.3 is 0 Å². The maximum absolute atomic E-state index is 12.4. The van der Waals surface area contributed by atoms with Gasteiger partial charge in [0, 0.05) is 6.04 Å². The third-order valence-corrected chi connectivity index (χ3v) is 5.27. The van der Waals surface area contributed by atoms with E-state index in [1.165, 1.54) is 11.1 Å². The highest BCUT2D eigenvalue weighted by molar-refractivity contribution is 5.77. The van der Waals surface area contributed by atoms with Gasteiger partial charge in [0.15, 0.2) is 0 Å². The molecule has 0 spiro atoms. The van der Waals surface area contributed by atoms with Gasteiger partial charge in [-0.15, -0.1) is 0 Å². The number of nitrogens with one attached hydrogen (secondary N) is 2. The summed E-state index contributed by atoms with van der Waals surface area (Å²) in [6, 6.07) is 16.4. The van der Waals surface area contributed by atoms with E-state index in [-0.39, 0.29) is 23.1 Å². The van der Waals surface area contributed by atoms with Crippen LogP contribution in [0.1, 0.15) is 70.6 Å². The van der Waals surface area contributed by atoms with Crippen LogP contribution in [-0.4, -0.2) is 9.97 Å². The first-order valence-electron chi connectivity index (χ1n) is 10.0. The molecule has 0 fully saturated rings. The average molecular weight is 378 g/mol. The normalized spacial score (nSPS) is 14.4. The maximum atomic E-state index is 12.4. The molecule has 148 valence electrons. The van der Waals surface area contributed by atoms with Crippen LogP contribution in [0.4, 0.5) is 0 Å². The van der Waals surface area contributed by atoms with Crippen LogP contribution in [0.25, 0.3) is 10.9 Å². The number of aromatic amines is 1. The Morgan fingerprint density at radius 1 is 0.964 bits per heavy atom. The predicted molar refractivity (Wildman–Crippen MR) is 117 cm³/mol. The Morgan fingerprint density at radius 2 is 1.61 bits per heavy atom. The summed E-state index contributed by atoms with van der Waals surface area (Å²) >= 11 is 0. The first-order chi connectivity index (χ1) is 13.2. The van der Waals surface area contributed by atoms with Crippen LogP contribution in [0.3, 0.4) is 0 Å². The minimum absolute atomic E-state index is 0.0769. The number of hydrogen-bond donors (Lipinski definition) is 2. The molecule has 2 atom stereocenters. The van der Waals surface area contributed by atoms with Crippen molar-refractivity contribution in [2.24, 2.45) is 5.92 Å². The van der Waals surface area contributed by atoms with Gasteiger partial charge in [0.05, 0.1) is 16.9 Å². The molecule has 2 N–H and O–H groups in total. The second-order valence-corrected chi connectivity index (χ2v) is 8.95. The highest BCUT2D eigenvalue weighted by Gasteiger charge is 2.21. The highest BCUT2D eigenvalue weighted by Crippen LogP contribution is 2.28. The van der Waals surface area contributed by atoms with E-state index in [0.717, 1.165) is 5.52 Å². The summed E-state index contributed by atoms with van der Waals surface area (Å²) in [6.45, 7) is 13.1. The molecule has 0 aliphatic rings. The average Bonchev–Trinajstić information content (AvgIpc) is 2.65. The predicted octanol–water partition coefficient (Wildman–Crippen LogP) is 5.27. The fourth-order valence-electron chi connectivity index (χ4n) is 3.52. The van der Waals surface area contributed by atoms with Crippen LogP contribution in [0.5, 0.6) is 0 Å². The van der Waals surface area contributed by atoms with Crippen molar-refractivity contribution in [3.63, 3.8) is 0 Å². The number of para-hydroxylation sites is 1. The second-order valence-electron chi connectivity index (χ2n) is 8.95. The van der Waals surface area contributed by atoms with Crippen molar-refractivity contribution in [2.75, 3.05) is 0 Å². The fraction of sp³-hybridized carbons (Fsp3) is 0.417. The summed E-state index contributed by atoms with van der Waals surface area (Å²) in [4.78, 5) is 20.0. The summed E-state index contributed by atoms with van der Waals surface area (Å²) in [6.07, 6.45) is 0. The Balaban J connectivity index is 1.87. The Morgan fingerprint density at radius 3 is 2.21 bits per heavy atom. The van der Waals surface area contributed by atoms with E-state index in [4.69, 9.17) is 0 Å². The lowest BCUT2D eigenvalue weighted by Gasteiger charge is -2.27. The standard InChI is InChI=1S/C24H31N3O/c1-15(2)21(17-11-13-18(14-12-17)24(4,5)6)25-16(3)22-26-20-10-8-7-9-19(20)23(28)27-22/h7-16,21,25H,1-6H3,(H,26,27,28)/t16-,21+/m1/s1. The van der Waals surface area contributed by atoms with Gasteiger partial charge in [-0.25, -0.2) is 4.98 Å². The van der Waals surface area contributed by atoms with Crippen LogP contribution < -0.4 is 10.9 Å². The van der Waals surface area contributed by atoms with Crippen LogP contribution in [0, 0.1) is 5.92 Å². The van der Waals surface area contributed by atoms with E-state index < -0.39 is 0 Å². The van der Waals surface area contributed by atoms with E-state index in [2.05, 4.69) is 74.2 Å². The molecule has 3 rings (SSSR count). The van der Waals surface area contributed by atoms with Crippen molar-refractivity contribution in [1.29, 1.82) is 0 Å². The molecule has 0 bridgehead atoms. The summed E-state index contributed by atoms with van der Waals surface area (Å²) in [5.74, 6) is 1.07. The molecule has 0 unspecified atom stereocenters. The number of H-pyrrole nitrogens is 1. The van der Waals surface area contributed by atoms with Crippen molar-refractivity contribution in [3.05, 3.63) is 75.8 Å². The van der Waals surface area contributed by atoms with Gasteiger partial charge in [-0.1, -0.05) is 71.0 Å². The molecule has 0 amide bonds. The summed E-state index contributed by atoms with van der Waals surface area (Å²) in [7, 11) is 0. The van der Waals surface area contributed by atoms with Gasteiger partial charge in [-0.3, -0.25) is 4.79 Å². The molecule has 4 nitrogen and oxygen atoms in total. The van der Waals surface area contributed by atoms with Gasteiger partial charge in [0.25, 0.3) is 5.56 Å². The molecule has 0 saturated heterocycles. The molecule has 0 aliphatic carbocycles. The molecular weight excluding hydrogens is 346 g/mol. The van der Waals surface area contributed by atoms with E-state index in [1.807, 2.05) is 25.1 Å². The quantitative estimate of drug-likeness (QED) is 0.637. The van der Waals surface area contributed by atoms with Crippen molar-refractivity contribution in [2.45, 2.75) is 59.0 Å². The Bertz CT molecular complexity index is 997. The van der Waals surface area contributed by atoms with E-state index >= 15 is 0 Å². The first-order valence-corrected chi connectivity index (χ1v) is 10.0. The monoisotopic (exact) mass is 377 g/mol. The molecule has 0 aliphatic heterocycles. The highest BCUT2D eigenvalue weighted by atomic mass is 16.1. The third-order valence-electron chi connectivity index (χ3n) is 5.27. The third kappa shape index (κ3) is 4.33. The number of nitrogens with zero attached hydrogens (tertiary/aromatic N) is 1. The molecule has 1 aromatic heterocycles. The lowest BCUT2D eigenvalue weighted by molar-refractivity contribution is 0.367. The molecule has 2 aromatic carbocycles. The molecule has 0 radical (unpaired) electrons. The van der Waals surface area contributed by atoms with Crippen LogP contribution >= 0.6 is 0 Å². The molecule has 1 heterocycles. The number of aromatic nitrogens is 2. The lowest BCUT2D eigenvalue weighted by Crippen LogP contribution is -2.30. The number of fused-ring (bicyclic) bond motifs is 1.